The second-order valence-corrected chi connectivity index (χ2v) is 5.78. The predicted molar refractivity (Wildman–Crippen MR) is 94.4 cm³/mol. The van der Waals surface area contributed by atoms with Crippen LogP contribution >= 0.6 is 0 Å². The zero-order valence-electron chi connectivity index (χ0n) is 14.7. The summed E-state index contributed by atoms with van der Waals surface area (Å²) < 4.78 is 7.55. The lowest BCUT2D eigenvalue weighted by Gasteiger charge is -2.03. The zero-order chi connectivity index (χ0) is 19.4. The molecule has 0 spiro atoms. The summed E-state index contributed by atoms with van der Waals surface area (Å²) in [4.78, 5) is 26.4. The Hall–Kier alpha value is -3.76. The van der Waals surface area contributed by atoms with Gasteiger partial charge in [0.1, 0.15) is 19.1 Å². The Morgan fingerprint density at radius 3 is 2.81 bits per heavy atom. The number of aryl methyl sites for hydroxylation is 1. The Bertz CT molecular complexity index is 979. The third kappa shape index (κ3) is 4.45. The van der Waals surface area contributed by atoms with Crippen molar-refractivity contribution in [1.29, 1.82) is 0 Å². The van der Waals surface area contributed by atoms with Crippen molar-refractivity contribution in [2.45, 2.75) is 20.0 Å². The molecule has 2 aromatic heterocycles. The van der Waals surface area contributed by atoms with Crippen LogP contribution in [0.1, 0.15) is 11.1 Å². The van der Waals surface area contributed by atoms with Gasteiger partial charge in [-0.3, -0.25) is 24.9 Å². The van der Waals surface area contributed by atoms with Crippen molar-refractivity contribution in [3.05, 3.63) is 58.0 Å². The number of hydrogen-bond acceptors (Lipinski definition) is 7. The molecule has 3 rings (SSSR count). The number of nitro groups is 1. The van der Waals surface area contributed by atoms with Gasteiger partial charge in [0, 0.05) is 0 Å². The van der Waals surface area contributed by atoms with E-state index in [0.29, 0.717) is 6.54 Å². The van der Waals surface area contributed by atoms with Crippen LogP contribution < -0.4 is 10.1 Å². The highest BCUT2D eigenvalue weighted by Crippen LogP contribution is 2.23. The molecule has 0 aliphatic rings. The molecular formula is C16H17N7O4. The number of methoxy groups -OCH3 is 1. The van der Waals surface area contributed by atoms with Crippen LogP contribution in [-0.2, 0) is 17.9 Å². The molecule has 2 heterocycles. The first-order chi connectivity index (χ1) is 12.9. The Balaban J connectivity index is 1.62. The first kappa shape index (κ1) is 18.0. The van der Waals surface area contributed by atoms with Gasteiger partial charge >= 0.3 is 11.6 Å². The topological polar surface area (TPSA) is 130 Å². The van der Waals surface area contributed by atoms with Crippen molar-refractivity contribution in [3.8, 4) is 5.88 Å². The smallest absolute Gasteiger partial charge is 0.350 e. The van der Waals surface area contributed by atoms with Gasteiger partial charge in [-0.15, -0.1) is 10.2 Å². The molecule has 0 bridgehead atoms. The molecule has 0 unspecified atom stereocenters. The van der Waals surface area contributed by atoms with Crippen LogP contribution in [0, 0.1) is 17.0 Å². The van der Waals surface area contributed by atoms with Gasteiger partial charge in [0.05, 0.1) is 18.6 Å². The Kier molecular flexibility index (Phi) is 5.11. The molecule has 0 radical (unpaired) electrons. The largest absolute Gasteiger partial charge is 0.475 e. The molecule has 0 saturated carbocycles. The fraction of sp³-hybridized carbons (Fsp3) is 0.250. The lowest BCUT2D eigenvalue weighted by molar-refractivity contribution is -0.385. The fourth-order valence-electron chi connectivity index (χ4n) is 2.48. The van der Waals surface area contributed by atoms with E-state index in [0.717, 1.165) is 22.0 Å². The number of aromatic nitrogens is 5. The van der Waals surface area contributed by atoms with Crippen LogP contribution in [0.2, 0.25) is 0 Å². The third-order valence-electron chi connectivity index (χ3n) is 3.62. The van der Waals surface area contributed by atoms with Crippen LogP contribution in [0.3, 0.4) is 0 Å². The lowest BCUT2D eigenvalue weighted by Crippen LogP contribution is -2.20. The van der Waals surface area contributed by atoms with E-state index in [1.807, 2.05) is 31.2 Å². The van der Waals surface area contributed by atoms with Crippen molar-refractivity contribution in [3.63, 3.8) is 0 Å². The van der Waals surface area contributed by atoms with Crippen LogP contribution in [-0.4, -0.2) is 42.5 Å². The summed E-state index contributed by atoms with van der Waals surface area (Å²) >= 11 is 0. The van der Waals surface area contributed by atoms with Gasteiger partial charge in [0.25, 0.3) is 0 Å². The molecule has 1 N–H and O–H groups in total. The number of anilines is 1. The summed E-state index contributed by atoms with van der Waals surface area (Å²) in [5, 5.41) is 21.5. The molecule has 3 aromatic rings. The monoisotopic (exact) mass is 371 g/mol. The summed E-state index contributed by atoms with van der Waals surface area (Å²) in [7, 11) is 1.27. The fourth-order valence-corrected chi connectivity index (χ4v) is 2.48. The minimum atomic E-state index is -0.630. The maximum atomic E-state index is 12.1. The lowest BCUT2D eigenvalue weighted by atomic mass is 10.1. The molecule has 27 heavy (non-hydrogen) atoms. The van der Waals surface area contributed by atoms with Crippen molar-refractivity contribution in [2.75, 3.05) is 12.4 Å². The van der Waals surface area contributed by atoms with E-state index >= 15 is 0 Å². The van der Waals surface area contributed by atoms with Crippen LogP contribution in [0.5, 0.6) is 5.88 Å². The summed E-state index contributed by atoms with van der Waals surface area (Å²) in [6, 6.07) is 7.98. The quantitative estimate of drug-likeness (QED) is 0.490. The molecule has 0 saturated heterocycles. The molecule has 1 aromatic carbocycles. The number of amides is 1. The average Bonchev–Trinajstić information content (AvgIpc) is 3.21. The van der Waals surface area contributed by atoms with Gasteiger partial charge in [-0.2, -0.15) is 0 Å². The van der Waals surface area contributed by atoms with E-state index in [4.69, 9.17) is 4.74 Å². The van der Waals surface area contributed by atoms with Gasteiger partial charge in [0.15, 0.2) is 0 Å². The second kappa shape index (κ2) is 7.64. The zero-order valence-corrected chi connectivity index (χ0v) is 14.7. The molecule has 0 aliphatic carbocycles. The van der Waals surface area contributed by atoms with Gasteiger partial charge in [-0.05, 0) is 12.5 Å². The highest BCUT2D eigenvalue weighted by molar-refractivity contribution is 5.88. The van der Waals surface area contributed by atoms with Crippen LogP contribution in [0.25, 0.3) is 0 Å². The molecule has 0 atom stereocenters. The number of carbonyl (C=O) groups excluding carboxylic acids is 1. The first-order valence-electron chi connectivity index (χ1n) is 7.95. The molecular weight excluding hydrogens is 354 g/mol. The molecule has 140 valence electrons. The van der Waals surface area contributed by atoms with Crippen molar-refractivity contribution >= 4 is 17.5 Å². The maximum Gasteiger partial charge on any atom is 0.350 e. The van der Waals surface area contributed by atoms with Gasteiger partial charge in [-0.25, -0.2) is 9.67 Å². The minimum Gasteiger partial charge on any atom is -0.475 e. The van der Waals surface area contributed by atoms with Gasteiger partial charge in [0.2, 0.25) is 11.9 Å². The second-order valence-electron chi connectivity index (χ2n) is 5.78. The van der Waals surface area contributed by atoms with Gasteiger partial charge in [-0.1, -0.05) is 29.8 Å². The number of nitrogens with one attached hydrogen (secondary N) is 1. The van der Waals surface area contributed by atoms with E-state index < -0.39 is 10.8 Å². The van der Waals surface area contributed by atoms with Crippen molar-refractivity contribution in [2.24, 2.45) is 0 Å². The number of ether oxygens (including phenoxy) is 1. The normalized spacial score (nSPS) is 10.6. The van der Waals surface area contributed by atoms with E-state index in [1.54, 1.807) is 4.68 Å². The number of hydrogen-bond donors (Lipinski definition) is 1. The molecule has 0 aliphatic heterocycles. The average molecular weight is 371 g/mol. The Morgan fingerprint density at radius 1 is 1.33 bits per heavy atom. The number of nitrogens with zero attached hydrogens (tertiary/aromatic N) is 6. The first-order valence-corrected chi connectivity index (χ1v) is 7.95. The Morgan fingerprint density at radius 2 is 2.15 bits per heavy atom. The number of benzene rings is 1. The van der Waals surface area contributed by atoms with E-state index in [9.17, 15) is 14.9 Å². The molecule has 11 nitrogen and oxygen atoms in total. The summed E-state index contributed by atoms with van der Waals surface area (Å²) in [5.74, 6) is -0.488. The Labute approximate surface area is 153 Å². The highest BCUT2D eigenvalue weighted by atomic mass is 16.6. The molecule has 11 heteroatoms. The van der Waals surface area contributed by atoms with E-state index in [2.05, 4.69) is 20.5 Å². The molecule has 1 amide bonds. The van der Waals surface area contributed by atoms with Crippen LogP contribution in [0.4, 0.5) is 11.6 Å². The summed E-state index contributed by atoms with van der Waals surface area (Å²) in [5.41, 5.74) is 1.89. The number of rotatable bonds is 7. The van der Waals surface area contributed by atoms with Gasteiger partial charge < -0.3 is 4.74 Å². The maximum absolute atomic E-state index is 12.1. The molecule has 0 fully saturated rings. The third-order valence-corrected chi connectivity index (χ3v) is 3.62. The number of carbonyl (C=O) groups is 1. The van der Waals surface area contributed by atoms with Crippen LogP contribution in [0.15, 0.2) is 36.8 Å². The van der Waals surface area contributed by atoms with Crippen molar-refractivity contribution < 1.29 is 14.5 Å². The minimum absolute atomic E-state index is 0.140. The standard InChI is InChI=1S/C16H17N7O4/c1-11-4-3-5-12(6-11)7-22-10-17-16(20-22)18-14(24)9-21-8-13(23(25)26)15(19-21)27-2/h3-6,8,10H,7,9H2,1-2H3,(H,18,20,24). The predicted octanol–water partition coefficient (Wildman–Crippen LogP) is 1.39. The summed E-state index contributed by atoms with van der Waals surface area (Å²) in [6.07, 6.45) is 2.64. The van der Waals surface area contributed by atoms with Crippen molar-refractivity contribution in [1.82, 2.24) is 24.5 Å². The highest BCUT2D eigenvalue weighted by Gasteiger charge is 2.21. The summed E-state index contributed by atoms with van der Waals surface area (Å²) in [6.45, 7) is 2.29. The van der Waals surface area contributed by atoms with E-state index in [-0.39, 0.29) is 24.1 Å². The van der Waals surface area contributed by atoms with E-state index in [1.165, 1.54) is 13.4 Å². The SMILES string of the molecule is COc1nn(CC(=O)Nc2ncn(Cc3cccc(C)c3)n2)cc1[N+](=O)[O-].